The molecule has 2 aromatic heterocycles. The molecule has 0 spiro atoms. The number of carbonyl (C=O) groups is 1. The van der Waals surface area contributed by atoms with E-state index in [1.807, 2.05) is 50.4 Å². The third-order valence-corrected chi connectivity index (χ3v) is 7.31. The maximum absolute atomic E-state index is 12.9. The van der Waals surface area contributed by atoms with Gasteiger partial charge in [-0.05, 0) is 76.4 Å². The monoisotopic (exact) mass is 495 g/mol. The number of aromatic amines is 1. The second-order valence-electron chi connectivity index (χ2n) is 9.88. The average Bonchev–Trinajstić information content (AvgIpc) is 3.32. The summed E-state index contributed by atoms with van der Waals surface area (Å²) >= 11 is 0. The van der Waals surface area contributed by atoms with E-state index in [4.69, 9.17) is 5.73 Å². The molecule has 8 nitrogen and oxygen atoms in total. The Morgan fingerprint density at radius 3 is 2.70 bits per heavy atom. The number of nitrogens with two attached hydrogens (primary N) is 1. The van der Waals surface area contributed by atoms with Gasteiger partial charge < -0.3 is 20.9 Å². The van der Waals surface area contributed by atoms with Crippen LogP contribution in [0, 0.1) is 25.7 Å². The van der Waals surface area contributed by atoms with Gasteiger partial charge in [0.25, 0.3) is 0 Å². The van der Waals surface area contributed by atoms with Crippen molar-refractivity contribution < 1.29 is 4.79 Å². The van der Waals surface area contributed by atoms with E-state index in [0.29, 0.717) is 17.5 Å². The van der Waals surface area contributed by atoms with Crippen molar-refractivity contribution in [2.45, 2.75) is 39.5 Å². The minimum absolute atomic E-state index is 0.00671. The zero-order chi connectivity index (χ0) is 25.9. The molecule has 8 heteroatoms. The summed E-state index contributed by atoms with van der Waals surface area (Å²) in [5.74, 6) is 0.927. The largest absolute Gasteiger partial charge is 0.382 e. The first-order valence-corrected chi connectivity index (χ1v) is 12.7. The van der Waals surface area contributed by atoms with E-state index in [-0.39, 0.29) is 11.8 Å². The van der Waals surface area contributed by atoms with Crippen LogP contribution in [-0.2, 0) is 4.79 Å². The number of anilines is 1. The summed E-state index contributed by atoms with van der Waals surface area (Å²) in [6, 6.07) is 14.0. The number of pyridine rings is 1. The van der Waals surface area contributed by atoms with Gasteiger partial charge in [-0.3, -0.25) is 14.8 Å². The zero-order valence-corrected chi connectivity index (χ0v) is 21.4. The van der Waals surface area contributed by atoms with E-state index in [1.165, 1.54) is 0 Å². The van der Waals surface area contributed by atoms with Crippen LogP contribution in [0.4, 0.5) is 5.69 Å². The molecule has 1 aliphatic heterocycles. The van der Waals surface area contributed by atoms with Crippen molar-refractivity contribution in [2.75, 3.05) is 11.9 Å². The van der Waals surface area contributed by atoms with Gasteiger partial charge in [0, 0.05) is 41.5 Å². The van der Waals surface area contributed by atoms with Crippen molar-refractivity contribution in [3.05, 3.63) is 77.6 Å². The summed E-state index contributed by atoms with van der Waals surface area (Å²) < 4.78 is 0. The molecule has 4 N–H and O–H groups in total. The number of aliphatic imine (C=N–C) groups is 2. The van der Waals surface area contributed by atoms with Crippen LogP contribution >= 0.6 is 0 Å². The number of rotatable bonds is 6. The van der Waals surface area contributed by atoms with Crippen molar-refractivity contribution in [1.82, 2.24) is 14.9 Å². The predicted octanol–water partition coefficient (Wildman–Crippen LogP) is 5.14. The molecule has 0 radical (unpaired) electrons. The SMILES string of the molecule is C=N/C(=C1/C(N)=NC=CN1CC1CCC(C(=O)Nc2ccc(C)nc2C)CC1)c1cc2ccccc2[nH]1. The van der Waals surface area contributed by atoms with Gasteiger partial charge in [0.2, 0.25) is 5.91 Å². The Kier molecular flexibility index (Phi) is 6.90. The van der Waals surface area contributed by atoms with Crippen LogP contribution in [0.1, 0.15) is 42.8 Å². The molecule has 0 bridgehead atoms. The van der Waals surface area contributed by atoms with Crippen LogP contribution in [-0.4, -0.2) is 39.9 Å². The number of aryl methyl sites for hydroxylation is 2. The van der Waals surface area contributed by atoms with E-state index >= 15 is 0 Å². The van der Waals surface area contributed by atoms with Crippen LogP contribution < -0.4 is 11.1 Å². The number of fused-ring (bicyclic) bond motifs is 1. The molecule has 5 rings (SSSR count). The number of H-pyrrole nitrogens is 1. The number of hydrogen-bond acceptors (Lipinski definition) is 6. The molecule has 1 amide bonds. The molecule has 2 aliphatic rings. The van der Waals surface area contributed by atoms with E-state index in [0.717, 1.165) is 71.6 Å². The topological polar surface area (TPSA) is 112 Å². The number of amides is 1. The third-order valence-electron chi connectivity index (χ3n) is 7.31. The second-order valence-corrected chi connectivity index (χ2v) is 9.88. The maximum Gasteiger partial charge on any atom is 0.227 e. The van der Waals surface area contributed by atoms with Gasteiger partial charge in [0.1, 0.15) is 17.2 Å². The Bertz CT molecular complexity index is 1390. The van der Waals surface area contributed by atoms with Crippen LogP contribution in [0.5, 0.6) is 0 Å². The number of carbonyl (C=O) groups excluding carboxylic acids is 1. The lowest BCUT2D eigenvalue weighted by Gasteiger charge is -2.34. The summed E-state index contributed by atoms with van der Waals surface area (Å²) in [5.41, 5.74) is 12.3. The average molecular weight is 496 g/mol. The smallest absolute Gasteiger partial charge is 0.227 e. The van der Waals surface area contributed by atoms with Crippen LogP contribution in [0.3, 0.4) is 0 Å². The number of nitrogens with zero attached hydrogens (tertiary/aromatic N) is 4. The highest BCUT2D eigenvalue weighted by Gasteiger charge is 2.30. The summed E-state index contributed by atoms with van der Waals surface area (Å²) in [5, 5.41) is 4.18. The molecular formula is C29H33N7O. The summed E-state index contributed by atoms with van der Waals surface area (Å²) in [6.07, 6.45) is 7.29. The predicted molar refractivity (Wildman–Crippen MR) is 150 cm³/mol. The lowest BCUT2D eigenvalue weighted by atomic mass is 9.81. The number of hydrogen-bond donors (Lipinski definition) is 3. The quantitative estimate of drug-likeness (QED) is 0.411. The normalized spacial score (nSPS) is 21.0. The second kappa shape index (κ2) is 10.4. The molecule has 0 saturated heterocycles. The zero-order valence-electron chi connectivity index (χ0n) is 21.4. The minimum atomic E-state index is 0.00671. The Morgan fingerprint density at radius 2 is 1.97 bits per heavy atom. The number of amidine groups is 1. The first-order chi connectivity index (χ1) is 17.9. The van der Waals surface area contributed by atoms with Gasteiger partial charge in [-0.1, -0.05) is 18.2 Å². The fraction of sp³-hybridized carbons (Fsp3) is 0.310. The number of aromatic nitrogens is 2. The molecular weight excluding hydrogens is 462 g/mol. The van der Waals surface area contributed by atoms with Gasteiger partial charge in [0.15, 0.2) is 0 Å². The molecule has 1 aromatic carbocycles. The molecule has 190 valence electrons. The van der Waals surface area contributed by atoms with Gasteiger partial charge in [-0.15, -0.1) is 0 Å². The molecule has 1 fully saturated rings. The van der Waals surface area contributed by atoms with Crippen molar-refractivity contribution in [1.29, 1.82) is 0 Å². The van der Waals surface area contributed by atoms with Crippen LogP contribution in [0.2, 0.25) is 0 Å². The van der Waals surface area contributed by atoms with E-state index in [9.17, 15) is 4.79 Å². The molecule has 37 heavy (non-hydrogen) atoms. The van der Waals surface area contributed by atoms with Gasteiger partial charge in [-0.25, -0.2) is 4.99 Å². The number of benzene rings is 1. The standard InChI is InChI=1S/C29H33N7O/c1-18-8-13-23(19(2)33-18)35-29(37)21-11-9-20(10-12-21)17-36-15-14-32-28(30)27(36)26(31-3)25-16-22-6-4-5-7-24(22)34-25/h4-8,13-16,20-21,34H,3,9-12,17H2,1-2H3,(H2,30,32)(H,35,37)/b27-26-. The third kappa shape index (κ3) is 5.18. The first kappa shape index (κ1) is 24.5. The van der Waals surface area contributed by atoms with E-state index < -0.39 is 0 Å². The lowest BCUT2D eigenvalue weighted by molar-refractivity contribution is -0.121. The van der Waals surface area contributed by atoms with Gasteiger partial charge in [0.05, 0.1) is 17.1 Å². The fourth-order valence-electron chi connectivity index (χ4n) is 5.31. The Hall–Kier alpha value is -4.20. The van der Waals surface area contributed by atoms with E-state index in [2.05, 4.69) is 49.0 Å². The highest BCUT2D eigenvalue weighted by molar-refractivity contribution is 6.05. The highest BCUT2D eigenvalue weighted by Crippen LogP contribution is 2.33. The Morgan fingerprint density at radius 1 is 1.19 bits per heavy atom. The Balaban J connectivity index is 1.28. The lowest BCUT2D eigenvalue weighted by Crippen LogP contribution is -2.36. The van der Waals surface area contributed by atoms with Crippen molar-refractivity contribution in [3.63, 3.8) is 0 Å². The molecule has 1 saturated carbocycles. The molecule has 3 aromatic rings. The summed E-state index contributed by atoms with van der Waals surface area (Å²) in [7, 11) is 0. The van der Waals surface area contributed by atoms with Crippen molar-refractivity contribution in [3.8, 4) is 0 Å². The molecule has 3 heterocycles. The molecule has 1 aliphatic carbocycles. The fourth-order valence-corrected chi connectivity index (χ4v) is 5.31. The van der Waals surface area contributed by atoms with E-state index in [1.54, 1.807) is 6.20 Å². The maximum atomic E-state index is 12.9. The first-order valence-electron chi connectivity index (χ1n) is 12.7. The van der Waals surface area contributed by atoms with Gasteiger partial charge in [-0.2, -0.15) is 0 Å². The number of nitrogens with one attached hydrogen (secondary N) is 2. The number of para-hydroxylation sites is 1. The molecule has 0 atom stereocenters. The molecule has 0 unspecified atom stereocenters. The highest BCUT2D eigenvalue weighted by atomic mass is 16.1. The van der Waals surface area contributed by atoms with Crippen molar-refractivity contribution in [2.24, 2.45) is 27.6 Å². The van der Waals surface area contributed by atoms with Gasteiger partial charge >= 0.3 is 0 Å². The minimum Gasteiger partial charge on any atom is -0.382 e. The summed E-state index contributed by atoms with van der Waals surface area (Å²) in [4.78, 5) is 31.7. The van der Waals surface area contributed by atoms with Crippen LogP contribution in [0.15, 0.2) is 70.5 Å². The van der Waals surface area contributed by atoms with Crippen molar-refractivity contribution >= 4 is 40.7 Å². The Labute approximate surface area is 217 Å². The summed E-state index contributed by atoms with van der Waals surface area (Å²) in [6.45, 7) is 8.48. The van der Waals surface area contributed by atoms with Crippen LogP contribution in [0.25, 0.3) is 16.6 Å².